The Morgan fingerprint density at radius 2 is 1.88 bits per heavy atom. The molecule has 0 aromatic carbocycles. The molecule has 0 saturated heterocycles. The van der Waals surface area contributed by atoms with Gasteiger partial charge < -0.3 is 4.57 Å². The quantitative estimate of drug-likeness (QED) is 0.570. The summed E-state index contributed by atoms with van der Waals surface area (Å²) in [5.74, 6) is 1.64. The van der Waals surface area contributed by atoms with Gasteiger partial charge in [0.25, 0.3) is 0 Å². The summed E-state index contributed by atoms with van der Waals surface area (Å²) in [7, 11) is 0. The molecule has 4 rings (SSSR count). The van der Waals surface area contributed by atoms with Gasteiger partial charge in [0.15, 0.2) is 5.82 Å². The van der Waals surface area contributed by atoms with E-state index in [9.17, 15) is 0 Å². The van der Waals surface area contributed by atoms with Crippen molar-refractivity contribution < 1.29 is 0 Å². The van der Waals surface area contributed by atoms with E-state index in [1.165, 1.54) is 5.56 Å². The molecular weight excluding hydrogens is 318 g/mol. The summed E-state index contributed by atoms with van der Waals surface area (Å²) in [6, 6.07) is 10.2. The lowest BCUT2D eigenvalue weighted by Crippen LogP contribution is -2.05. The molecule has 0 radical (unpaired) electrons. The van der Waals surface area contributed by atoms with Crippen molar-refractivity contribution >= 4 is 11.3 Å². The van der Waals surface area contributed by atoms with Crippen molar-refractivity contribution in [1.82, 2.24) is 24.7 Å². The van der Waals surface area contributed by atoms with Gasteiger partial charge in [-0.05, 0) is 64.7 Å². The summed E-state index contributed by atoms with van der Waals surface area (Å²) < 4.78 is 2.08. The van der Waals surface area contributed by atoms with E-state index in [0.717, 1.165) is 28.5 Å². The predicted octanol–water partition coefficient (Wildman–Crippen LogP) is 3.82. The molecule has 0 saturated carbocycles. The second-order valence-corrected chi connectivity index (χ2v) is 6.23. The average Bonchev–Trinajstić information content (AvgIpc) is 3.27. The normalized spacial score (nSPS) is 10.9. The molecule has 4 aromatic heterocycles. The number of aryl methyl sites for hydroxylation is 1. The van der Waals surface area contributed by atoms with E-state index in [0.29, 0.717) is 6.54 Å². The maximum atomic E-state index is 4.50. The zero-order valence-corrected chi connectivity index (χ0v) is 13.9. The summed E-state index contributed by atoms with van der Waals surface area (Å²) in [6.07, 6.45) is 5.41. The van der Waals surface area contributed by atoms with Crippen LogP contribution in [0.1, 0.15) is 11.4 Å². The number of rotatable bonds is 4. The molecule has 118 valence electrons. The molecule has 4 aromatic rings. The molecule has 4 heterocycles. The first-order valence-corrected chi connectivity index (χ1v) is 8.53. The highest BCUT2D eigenvalue weighted by Crippen LogP contribution is 2.26. The monoisotopic (exact) mass is 333 g/mol. The Hall–Kier alpha value is -2.86. The van der Waals surface area contributed by atoms with Crippen LogP contribution in [0.4, 0.5) is 0 Å². The molecule has 0 spiro atoms. The van der Waals surface area contributed by atoms with Gasteiger partial charge in [0.1, 0.15) is 11.5 Å². The van der Waals surface area contributed by atoms with E-state index in [1.807, 2.05) is 31.3 Å². The number of pyridine rings is 2. The zero-order valence-electron chi connectivity index (χ0n) is 13.1. The third kappa shape index (κ3) is 2.83. The van der Waals surface area contributed by atoms with Crippen LogP contribution in [-0.4, -0.2) is 24.7 Å². The number of thiophene rings is 1. The summed E-state index contributed by atoms with van der Waals surface area (Å²) in [5.41, 5.74) is 4.31. The average molecular weight is 333 g/mol. The van der Waals surface area contributed by atoms with Gasteiger partial charge in [0.2, 0.25) is 0 Å². The van der Waals surface area contributed by atoms with Crippen LogP contribution in [0.3, 0.4) is 0 Å². The van der Waals surface area contributed by atoms with E-state index in [1.54, 1.807) is 23.7 Å². The lowest BCUT2D eigenvalue weighted by Gasteiger charge is -2.09. The Labute approximate surface area is 143 Å². The van der Waals surface area contributed by atoms with E-state index < -0.39 is 0 Å². The van der Waals surface area contributed by atoms with Crippen LogP contribution in [0.25, 0.3) is 22.6 Å². The van der Waals surface area contributed by atoms with Gasteiger partial charge in [-0.25, -0.2) is 0 Å². The summed E-state index contributed by atoms with van der Waals surface area (Å²) >= 11 is 1.69. The lowest BCUT2D eigenvalue weighted by atomic mass is 10.1. The van der Waals surface area contributed by atoms with E-state index in [2.05, 4.69) is 47.6 Å². The van der Waals surface area contributed by atoms with Crippen molar-refractivity contribution in [2.75, 3.05) is 0 Å². The maximum Gasteiger partial charge on any atom is 0.182 e. The number of nitrogens with zero attached hydrogens (tertiary/aromatic N) is 5. The first kappa shape index (κ1) is 14.7. The number of hydrogen-bond donors (Lipinski definition) is 0. The first-order chi connectivity index (χ1) is 11.8. The Morgan fingerprint density at radius 3 is 2.67 bits per heavy atom. The van der Waals surface area contributed by atoms with Crippen molar-refractivity contribution in [3.8, 4) is 22.6 Å². The highest BCUT2D eigenvalue weighted by molar-refractivity contribution is 7.08. The van der Waals surface area contributed by atoms with Crippen molar-refractivity contribution in [2.24, 2.45) is 0 Å². The molecule has 0 unspecified atom stereocenters. The van der Waals surface area contributed by atoms with Gasteiger partial charge in [-0.3, -0.25) is 9.97 Å². The Kier molecular flexibility index (Phi) is 3.88. The fraction of sp³-hybridized carbons (Fsp3) is 0.111. The van der Waals surface area contributed by atoms with Crippen molar-refractivity contribution in [3.63, 3.8) is 0 Å². The summed E-state index contributed by atoms with van der Waals surface area (Å²) in [4.78, 5) is 8.57. The minimum Gasteiger partial charge on any atom is -0.305 e. The molecule has 0 aliphatic carbocycles. The largest absolute Gasteiger partial charge is 0.305 e. The highest BCUT2D eigenvalue weighted by atomic mass is 32.1. The Balaban J connectivity index is 1.74. The second-order valence-electron chi connectivity index (χ2n) is 5.45. The van der Waals surface area contributed by atoms with E-state index in [4.69, 9.17) is 0 Å². The van der Waals surface area contributed by atoms with E-state index >= 15 is 0 Å². The third-order valence-electron chi connectivity index (χ3n) is 3.87. The molecule has 0 aliphatic heterocycles. The predicted molar refractivity (Wildman–Crippen MR) is 94.6 cm³/mol. The summed E-state index contributed by atoms with van der Waals surface area (Å²) in [5, 5.41) is 12.8. The van der Waals surface area contributed by atoms with Crippen LogP contribution in [0.2, 0.25) is 0 Å². The fourth-order valence-corrected chi connectivity index (χ4v) is 3.26. The number of aromatic nitrogens is 5. The molecule has 24 heavy (non-hydrogen) atoms. The summed E-state index contributed by atoms with van der Waals surface area (Å²) in [6.45, 7) is 2.65. The molecule has 0 fully saturated rings. The van der Waals surface area contributed by atoms with E-state index in [-0.39, 0.29) is 0 Å². The molecule has 0 amide bonds. The van der Waals surface area contributed by atoms with Crippen LogP contribution < -0.4 is 0 Å². The van der Waals surface area contributed by atoms with Crippen molar-refractivity contribution in [3.05, 3.63) is 71.1 Å². The van der Waals surface area contributed by atoms with Gasteiger partial charge in [-0.15, -0.1) is 10.2 Å². The van der Waals surface area contributed by atoms with Crippen molar-refractivity contribution in [1.29, 1.82) is 0 Å². The smallest absolute Gasteiger partial charge is 0.182 e. The Morgan fingerprint density at radius 1 is 1.00 bits per heavy atom. The molecule has 6 heteroatoms. The fourth-order valence-electron chi connectivity index (χ4n) is 2.59. The molecular formula is C18H15N5S. The van der Waals surface area contributed by atoms with Crippen LogP contribution in [-0.2, 0) is 6.54 Å². The van der Waals surface area contributed by atoms with Gasteiger partial charge >= 0.3 is 0 Å². The molecule has 0 atom stereocenters. The minimum absolute atomic E-state index is 0.695. The van der Waals surface area contributed by atoms with Crippen LogP contribution >= 0.6 is 11.3 Å². The third-order valence-corrected chi connectivity index (χ3v) is 4.55. The number of hydrogen-bond acceptors (Lipinski definition) is 5. The SMILES string of the molecule is Cc1nnc(-c2cc(-c3ccsc3)ccn2)n1Cc1ccncc1. The molecule has 0 bridgehead atoms. The lowest BCUT2D eigenvalue weighted by molar-refractivity contribution is 0.765. The first-order valence-electron chi connectivity index (χ1n) is 7.59. The maximum absolute atomic E-state index is 4.50. The molecule has 5 nitrogen and oxygen atoms in total. The zero-order chi connectivity index (χ0) is 16.4. The topological polar surface area (TPSA) is 56.5 Å². The van der Waals surface area contributed by atoms with Gasteiger partial charge in [0.05, 0.1) is 6.54 Å². The van der Waals surface area contributed by atoms with Gasteiger partial charge in [0, 0.05) is 18.6 Å². The minimum atomic E-state index is 0.695. The second kappa shape index (κ2) is 6.33. The molecule has 0 N–H and O–H groups in total. The van der Waals surface area contributed by atoms with Crippen molar-refractivity contribution in [2.45, 2.75) is 13.5 Å². The van der Waals surface area contributed by atoms with Gasteiger partial charge in [-0.2, -0.15) is 11.3 Å². The van der Waals surface area contributed by atoms with Gasteiger partial charge in [-0.1, -0.05) is 0 Å². The standard InChI is InChI=1S/C18H15N5S/c1-13-21-22-18(23(13)11-14-2-6-19-7-3-14)17-10-15(4-8-20-17)16-5-9-24-12-16/h2-10,12H,11H2,1H3. The van der Waals surface area contributed by atoms with Crippen LogP contribution in [0.15, 0.2) is 59.7 Å². The molecule has 0 aliphatic rings. The van der Waals surface area contributed by atoms with Crippen LogP contribution in [0, 0.1) is 6.92 Å². The highest BCUT2D eigenvalue weighted by Gasteiger charge is 2.13. The Bertz CT molecular complexity index is 945. The van der Waals surface area contributed by atoms with Crippen LogP contribution in [0.5, 0.6) is 0 Å².